The molecule has 12 heavy (non-hydrogen) atoms. The van der Waals surface area contributed by atoms with E-state index in [1.165, 1.54) is 0 Å². The van der Waals surface area contributed by atoms with Crippen LogP contribution in [0.1, 0.15) is 0 Å². The van der Waals surface area contributed by atoms with Gasteiger partial charge in [-0.1, -0.05) is 0 Å². The molecule has 0 amide bonds. The van der Waals surface area contributed by atoms with Crippen LogP contribution < -0.4 is 0 Å². The van der Waals surface area contributed by atoms with E-state index >= 15 is 0 Å². The second-order valence-corrected chi connectivity index (χ2v) is 3.73. The maximum absolute atomic E-state index is 4.22. The highest BCUT2D eigenvalue weighted by Crippen LogP contribution is 2.18. The lowest BCUT2D eigenvalue weighted by Gasteiger charge is -1.97. The standard InChI is InChI=1S/C7H3Br2N3/c8-5-3-11-6-4(12-5)1-2-10-7(6)9/h1-3H. The highest BCUT2D eigenvalue weighted by atomic mass is 79.9. The number of nitrogens with zero attached hydrogens (tertiary/aromatic N) is 3. The summed E-state index contributed by atoms with van der Waals surface area (Å²) < 4.78 is 1.45. The molecule has 2 aromatic heterocycles. The quantitative estimate of drug-likeness (QED) is 0.700. The Morgan fingerprint density at radius 3 is 2.83 bits per heavy atom. The zero-order chi connectivity index (χ0) is 8.55. The van der Waals surface area contributed by atoms with Gasteiger partial charge in [-0.2, -0.15) is 0 Å². The normalized spacial score (nSPS) is 10.5. The van der Waals surface area contributed by atoms with Gasteiger partial charge in [0.1, 0.15) is 14.7 Å². The third-order valence-corrected chi connectivity index (χ3v) is 2.35. The summed E-state index contributed by atoms with van der Waals surface area (Å²) in [7, 11) is 0. The predicted molar refractivity (Wildman–Crippen MR) is 52.7 cm³/mol. The fourth-order valence-electron chi connectivity index (χ4n) is 0.890. The van der Waals surface area contributed by atoms with Crippen molar-refractivity contribution in [2.75, 3.05) is 0 Å². The molecule has 0 aliphatic carbocycles. The minimum atomic E-state index is 0.722. The molecule has 0 radical (unpaired) electrons. The van der Waals surface area contributed by atoms with E-state index in [0.29, 0.717) is 0 Å². The number of fused-ring (bicyclic) bond motifs is 1. The molecular formula is C7H3Br2N3. The molecule has 0 aliphatic heterocycles. The van der Waals surface area contributed by atoms with Crippen molar-refractivity contribution in [3.63, 3.8) is 0 Å². The van der Waals surface area contributed by atoms with Gasteiger partial charge >= 0.3 is 0 Å². The first-order chi connectivity index (χ1) is 5.77. The van der Waals surface area contributed by atoms with Crippen molar-refractivity contribution in [1.82, 2.24) is 15.0 Å². The molecule has 0 aliphatic rings. The van der Waals surface area contributed by atoms with E-state index in [-0.39, 0.29) is 0 Å². The van der Waals surface area contributed by atoms with Crippen LogP contribution in [0.3, 0.4) is 0 Å². The third kappa shape index (κ3) is 1.34. The minimum Gasteiger partial charge on any atom is -0.249 e. The monoisotopic (exact) mass is 287 g/mol. The lowest BCUT2D eigenvalue weighted by molar-refractivity contribution is 1.20. The SMILES string of the molecule is Brc1cnc2c(Br)nccc2n1. The lowest BCUT2D eigenvalue weighted by Crippen LogP contribution is -1.86. The van der Waals surface area contributed by atoms with E-state index in [2.05, 4.69) is 46.8 Å². The Kier molecular flexibility index (Phi) is 2.06. The minimum absolute atomic E-state index is 0.722. The summed E-state index contributed by atoms with van der Waals surface area (Å²) in [5.74, 6) is 0. The number of aromatic nitrogens is 3. The summed E-state index contributed by atoms with van der Waals surface area (Å²) in [4.78, 5) is 12.4. The van der Waals surface area contributed by atoms with Crippen LogP contribution in [0.4, 0.5) is 0 Å². The molecule has 0 saturated carbocycles. The first-order valence-corrected chi connectivity index (χ1v) is 4.79. The molecule has 0 spiro atoms. The molecule has 0 saturated heterocycles. The Labute approximate surface area is 85.5 Å². The molecule has 0 aromatic carbocycles. The maximum atomic E-state index is 4.22. The Balaban J connectivity index is 2.86. The maximum Gasteiger partial charge on any atom is 0.133 e. The largest absolute Gasteiger partial charge is 0.249 e. The van der Waals surface area contributed by atoms with Crippen molar-refractivity contribution in [2.45, 2.75) is 0 Å². The molecule has 0 bridgehead atoms. The van der Waals surface area contributed by atoms with Gasteiger partial charge in [0.2, 0.25) is 0 Å². The number of halogens is 2. The first kappa shape index (κ1) is 8.07. The second-order valence-electron chi connectivity index (χ2n) is 2.16. The van der Waals surface area contributed by atoms with E-state index in [4.69, 9.17) is 0 Å². The molecule has 3 nitrogen and oxygen atoms in total. The van der Waals surface area contributed by atoms with Gasteiger partial charge in [0.25, 0.3) is 0 Å². The topological polar surface area (TPSA) is 38.7 Å². The van der Waals surface area contributed by atoms with Gasteiger partial charge in [-0.05, 0) is 37.9 Å². The average molecular weight is 289 g/mol. The molecule has 5 heteroatoms. The van der Waals surface area contributed by atoms with Gasteiger partial charge in [-0.15, -0.1) is 0 Å². The van der Waals surface area contributed by atoms with Crippen molar-refractivity contribution in [3.05, 3.63) is 27.7 Å². The van der Waals surface area contributed by atoms with Gasteiger partial charge in [-0.25, -0.2) is 15.0 Å². The Morgan fingerprint density at radius 2 is 2.00 bits per heavy atom. The summed E-state index contributed by atoms with van der Waals surface area (Å²) in [6.07, 6.45) is 3.34. The number of rotatable bonds is 0. The van der Waals surface area contributed by atoms with Crippen LogP contribution in [0.25, 0.3) is 11.0 Å². The molecule has 0 unspecified atom stereocenters. The molecule has 0 fully saturated rings. The zero-order valence-electron chi connectivity index (χ0n) is 5.83. The number of hydrogen-bond donors (Lipinski definition) is 0. The third-order valence-electron chi connectivity index (χ3n) is 1.39. The first-order valence-electron chi connectivity index (χ1n) is 3.20. The molecule has 0 N–H and O–H groups in total. The van der Waals surface area contributed by atoms with E-state index in [9.17, 15) is 0 Å². The summed E-state index contributed by atoms with van der Waals surface area (Å²) in [6.45, 7) is 0. The van der Waals surface area contributed by atoms with E-state index in [1.54, 1.807) is 12.4 Å². The van der Waals surface area contributed by atoms with Gasteiger partial charge in [-0.3, -0.25) is 0 Å². The van der Waals surface area contributed by atoms with Crippen LogP contribution in [-0.4, -0.2) is 15.0 Å². The molecule has 2 aromatic rings. The Morgan fingerprint density at radius 1 is 1.17 bits per heavy atom. The predicted octanol–water partition coefficient (Wildman–Crippen LogP) is 2.55. The number of hydrogen-bond acceptors (Lipinski definition) is 3. The van der Waals surface area contributed by atoms with Crippen LogP contribution in [0, 0.1) is 0 Å². The van der Waals surface area contributed by atoms with Crippen molar-refractivity contribution in [2.24, 2.45) is 0 Å². The van der Waals surface area contributed by atoms with Gasteiger partial charge in [0.05, 0.1) is 11.7 Å². The molecule has 60 valence electrons. The van der Waals surface area contributed by atoms with Crippen molar-refractivity contribution in [3.8, 4) is 0 Å². The highest BCUT2D eigenvalue weighted by molar-refractivity contribution is 9.10. The van der Waals surface area contributed by atoms with Crippen molar-refractivity contribution < 1.29 is 0 Å². The van der Waals surface area contributed by atoms with Crippen LogP contribution in [-0.2, 0) is 0 Å². The molecule has 2 heterocycles. The van der Waals surface area contributed by atoms with Crippen LogP contribution in [0.15, 0.2) is 27.7 Å². The zero-order valence-corrected chi connectivity index (χ0v) is 9.00. The average Bonchev–Trinajstić information content (AvgIpc) is 2.04. The van der Waals surface area contributed by atoms with Gasteiger partial charge < -0.3 is 0 Å². The molecule has 2 rings (SSSR count). The van der Waals surface area contributed by atoms with E-state index < -0.39 is 0 Å². The van der Waals surface area contributed by atoms with E-state index in [1.807, 2.05) is 6.07 Å². The van der Waals surface area contributed by atoms with Crippen molar-refractivity contribution >= 4 is 42.9 Å². The Hall–Kier alpha value is -0.550. The summed E-state index contributed by atoms with van der Waals surface area (Å²) >= 11 is 6.54. The smallest absolute Gasteiger partial charge is 0.133 e. The van der Waals surface area contributed by atoms with E-state index in [0.717, 1.165) is 20.2 Å². The van der Waals surface area contributed by atoms with Crippen molar-refractivity contribution in [1.29, 1.82) is 0 Å². The Bertz CT molecular complexity index is 430. The molecule has 0 atom stereocenters. The number of pyridine rings is 1. The van der Waals surface area contributed by atoms with Crippen LogP contribution >= 0.6 is 31.9 Å². The van der Waals surface area contributed by atoms with Crippen LogP contribution in [0.5, 0.6) is 0 Å². The van der Waals surface area contributed by atoms with Gasteiger partial charge in [0, 0.05) is 6.20 Å². The lowest BCUT2D eigenvalue weighted by atomic mass is 10.4. The summed E-state index contributed by atoms with van der Waals surface area (Å²) in [6, 6.07) is 1.82. The molecular weight excluding hydrogens is 286 g/mol. The second kappa shape index (κ2) is 3.06. The van der Waals surface area contributed by atoms with Crippen LogP contribution in [0.2, 0.25) is 0 Å². The summed E-state index contributed by atoms with van der Waals surface area (Å²) in [5.41, 5.74) is 1.60. The van der Waals surface area contributed by atoms with Gasteiger partial charge in [0.15, 0.2) is 0 Å². The highest BCUT2D eigenvalue weighted by Gasteiger charge is 2.01. The fraction of sp³-hybridized carbons (Fsp3) is 0. The fourth-order valence-corrected chi connectivity index (χ4v) is 1.61. The summed E-state index contributed by atoms with van der Waals surface area (Å²) in [5, 5.41) is 0.